The Bertz CT molecular complexity index is 541. The third kappa shape index (κ3) is 4.82. The molecule has 0 fully saturated rings. The standard InChI is InChI=1S/C19H24O2/c1-14(2)17-7-11-18(12-8-17)20-13-16(4)21-19-9-5-15(3)6-10-19/h5-12,14,16H,13H2,1-4H3. The van der Waals surface area contributed by atoms with Gasteiger partial charge in [-0.2, -0.15) is 0 Å². The third-order valence-electron chi connectivity index (χ3n) is 3.39. The lowest BCUT2D eigenvalue weighted by Gasteiger charge is -2.16. The Morgan fingerprint density at radius 2 is 1.38 bits per heavy atom. The van der Waals surface area contributed by atoms with Crippen molar-refractivity contribution < 1.29 is 9.47 Å². The van der Waals surface area contributed by atoms with Gasteiger partial charge in [-0.1, -0.05) is 43.7 Å². The second-order valence-electron chi connectivity index (χ2n) is 5.78. The van der Waals surface area contributed by atoms with Crippen molar-refractivity contribution in [2.75, 3.05) is 6.61 Å². The Balaban J connectivity index is 1.83. The normalized spacial score (nSPS) is 12.2. The number of rotatable bonds is 6. The van der Waals surface area contributed by atoms with Crippen LogP contribution < -0.4 is 9.47 Å². The molecule has 0 aliphatic carbocycles. The van der Waals surface area contributed by atoms with Crippen molar-refractivity contribution in [3.63, 3.8) is 0 Å². The van der Waals surface area contributed by atoms with Gasteiger partial charge in [0.1, 0.15) is 24.2 Å². The summed E-state index contributed by atoms with van der Waals surface area (Å²) in [5.41, 5.74) is 2.56. The van der Waals surface area contributed by atoms with Crippen molar-refractivity contribution in [1.82, 2.24) is 0 Å². The van der Waals surface area contributed by atoms with Crippen LogP contribution in [0, 0.1) is 6.92 Å². The Hall–Kier alpha value is -1.96. The third-order valence-corrected chi connectivity index (χ3v) is 3.39. The first kappa shape index (κ1) is 15.4. The first-order valence-electron chi connectivity index (χ1n) is 7.50. The van der Waals surface area contributed by atoms with Crippen LogP contribution >= 0.6 is 0 Å². The number of aryl methyl sites for hydroxylation is 1. The minimum atomic E-state index is 0.0116. The van der Waals surface area contributed by atoms with Crippen molar-refractivity contribution in [1.29, 1.82) is 0 Å². The topological polar surface area (TPSA) is 18.5 Å². The molecule has 0 saturated heterocycles. The molecule has 2 heteroatoms. The maximum atomic E-state index is 5.83. The van der Waals surface area contributed by atoms with Crippen LogP contribution in [0.4, 0.5) is 0 Å². The zero-order chi connectivity index (χ0) is 15.2. The van der Waals surface area contributed by atoms with Crippen LogP contribution in [0.1, 0.15) is 37.8 Å². The summed E-state index contributed by atoms with van der Waals surface area (Å²) < 4.78 is 11.6. The highest BCUT2D eigenvalue weighted by molar-refractivity contribution is 5.29. The van der Waals surface area contributed by atoms with Gasteiger partial charge in [-0.15, -0.1) is 0 Å². The lowest BCUT2D eigenvalue weighted by molar-refractivity contribution is 0.143. The SMILES string of the molecule is Cc1ccc(OC(C)COc2ccc(C(C)C)cc2)cc1. The molecule has 0 aliphatic rings. The fourth-order valence-corrected chi connectivity index (χ4v) is 2.05. The second kappa shape index (κ2) is 7.16. The van der Waals surface area contributed by atoms with Crippen molar-refractivity contribution in [3.05, 3.63) is 59.7 Å². The van der Waals surface area contributed by atoms with E-state index in [1.165, 1.54) is 11.1 Å². The quantitative estimate of drug-likeness (QED) is 0.746. The summed E-state index contributed by atoms with van der Waals surface area (Å²) in [6.45, 7) is 9.00. The highest BCUT2D eigenvalue weighted by Crippen LogP contribution is 2.19. The zero-order valence-corrected chi connectivity index (χ0v) is 13.3. The van der Waals surface area contributed by atoms with Crippen LogP contribution in [0.3, 0.4) is 0 Å². The lowest BCUT2D eigenvalue weighted by Crippen LogP contribution is -2.21. The van der Waals surface area contributed by atoms with Crippen LogP contribution in [0.2, 0.25) is 0 Å². The van der Waals surface area contributed by atoms with E-state index in [1.807, 2.05) is 43.3 Å². The Morgan fingerprint density at radius 3 is 1.95 bits per heavy atom. The first-order valence-corrected chi connectivity index (χ1v) is 7.50. The number of ether oxygens (including phenoxy) is 2. The summed E-state index contributed by atoms with van der Waals surface area (Å²) in [7, 11) is 0. The van der Waals surface area contributed by atoms with Gasteiger partial charge in [0.2, 0.25) is 0 Å². The van der Waals surface area contributed by atoms with E-state index in [0.29, 0.717) is 12.5 Å². The molecule has 0 heterocycles. The lowest BCUT2D eigenvalue weighted by atomic mass is 10.0. The molecule has 0 bridgehead atoms. The fraction of sp³-hybridized carbons (Fsp3) is 0.368. The smallest absolute Gasteiger partial charge is 0.130 e. The van der Waals surface area contributed by atoms with Gasteiger partial charge in [0.05, 0.1) is 0 Å². The minimum Gasteiger partial charge on any atom is -0.490 e. The number of hydrogen-bond donors (Lipinski definition) is 0. The Morgan fingerprint density at radius 1 is 0.810 bits per heavy atom. The van der Waals surface area contributed by atoms with E-state index in [-0.39, 0.29) is 6.10 Å². The molecule has 0 saturated carbocycles. The van der Waals surface area contributed by atoms with Crippen LogP contribution in [0.25, 0.3) is 0 Å². The number of hydrogen-bond acceptors (Lipinski definition) is 2. The van der Waals surface area contributed by atoms with E-state index >= 15 is 0 Å². The Labute approximate surface area is 127 Å². The predicted molar refractivity (Wildman–Crippen MR) is 87.3 cm³/mol. The van der Waals surface area contributed by atoms with Gasteiger partial charge in [-0.25, -0.2) is 0 Å². The average molecular weight is 284 g/mol. The maximum absolute atomic E-state index is 5.83. The molecule has 0 aliphatic heterocycles. The first-order chi connectivity index (χ1) is 10.0. The molecule has 2 aromatic rings. The van der Waals surface area contributed by atoms with Crippen molar-refractivity contribution >= 4 is 0 Å². The van der Waals surface area contributed by atoms with Gasteiger partial charge >= 0.3 is 0 Å². The number of benzene rings is 2. The van der Waals surface area contributed by atoms with Gasteiger partial charge in [0.25, 0.3) is 0 Å². The molecule has 1 atom stereocenters. The van der Waals surface area contributed by atoms with Crippen LogP contribution in [-0.4, -0.2) is 12.7 Å². The highest BCUT2D eigenvalue weighted by Gasteiger charge is 2.06. The molecule has 2 rings (SSSR count). The van der Waals surface area contributed by atoms with Crippen molar-refractivity contribution in [2.45, 2.75) is 39.7 Å². The molecule has 2 nitrogen and oxygen atoms in total. The largest absolute Gasteiger partial charge is 0.490 e. The molecular formula is C19H24O2. The maximum Gasteiger partial charge on any atom is 0.130 e. The molecular weight excluding hydrogens is 260 g/mol. The van der Waals surface area contributed by atoms with Crippen molar-refractivity contribution in [3.8, 4) is 11.5 Å². The molecule has 0 spiro atoms. The average Bonchev–Trinajstić information content (AvgIpc) is 2.48. The molecule has 2 aromatic carbocycles. The van der Waals surface area contributed by atoms with Gasteiger partial charge in [0.15, 0.2) is 0 Å². The summed E-state index contributed by atoms with van der Waals surface area (Å²) >= 11 is 0. The van der Waals surface area contributed by atoms with E-state index in [2.05, 4.69) is 32.9 Å². The fourth-order valence-electron chi connectivity index (χ4n) is 2.05. The molecule has 0 radical (unpaired) electrons. The monoisotopic (exact) mass is 284 g/mol. The molecule has 21 heavy (non-hydrogen) atoms. The summed E-state index contributed by atoms with van der Waals surface area (Å²) in [5.74, 6) is 2.31. The molecule has 0 N–H and O–H groups in total. The van der Waals surface area contributed by atoms with E-state index in [0.717, 1.165) is 11.5 Å². The summed E-state index contributed by atoms with van der Waals surface area (Å²) in [6.07, 6.45) is 0.0116. The van der Waals surface area contributed by atoms with Crippen LogP contribution in [0.5, 0.6) is 11.5 Å². The van der Waals surface area contributed by atoms with Gasteiger partial charge < -0.3 is 9.47 Å². The molecule has 1 unspecified atom stereocenters. The van der Waals surface area contributed by atoms with Gasteiger partial charge in [-0.05, 0) is 49.6 Å². The van der Waals surface area contributed by atoms with Gasteiger partial charge in [-0.3, -0.25) is 0 Å². The Kier molecular flexibility index (Phi) is 5.26. The van der Waals surface area contributed by atoms with E-state index < -0.39 is 0 Å². The van der Waals surface area contributed by atoms with Crippen LogP contribution in [-0.2, 0) is 0 Å². The second-order valence-corrected chi connectivity index (χ2v) is 5.78. The van der Waals surface area contributed by atoms with Crippen LogP contribution in [0.15, 0.2) is 48.5 Å². The van der Waals surface area contributed by atoms with Gasteiger partial charge in [0, 0.05) is 0 Å². The molecule has 0 aromatic heterocycles. The zero-order valence-electron chi connectivity index (χ0n) is 13.3. The van der Waals surface area contributed by atoms with E-state index in [9.17, 15) is 0 Å². The van der Waals surface area contributed by atoms with Crippen molar-refractivity contribution in [2.24, 2.45) is 0 Å². The highest BCUT2D eigenvalue weighted by atomic mass is 16.5. The minimum absolute atomic E-state index is 0.0116. The predicted octanol–water partition coefficient (Wildman–Crippen LogP) is 4.96. The summed E-state index contributed by atoms with van der Waals surface area (Å²) in [6, 6.07) is 16.4. The summed E-state index contributed by atoms with van der Waals surface area (Å²) in [4.78, 5) is 0. The van der Waals surface area contributed by atoms with E-state index in [4.69, 9.17) is 9.47 Å². The molecule has 112 valence electrons. The summed E-state index contributed by atoms with van der Waals surface area (Å²) in [5, 5.41) is 0. The molecule has 0 amide bonds. The van der Waals surface area contributed by atoms with E-state index in [1.54, 1.807) is 0 Å².